The maximum atomic E-state index is 13.0. The molecule has 2 atom stereocenters. The summed E-state index contributed by atoms with van der Waals surface area (Å²) in [6.45, 7) is 2.04. The van der Waals surface area contributed by atoms with Crippen LogP contribution in [0.5, 0.6) is 0 Å². The summed E-state index contributed by atoms with van der Waals surface area (Å²) in [5, 5.41) is 0.311. The largest absolute Gasteiger partial charge is 0.464 e. The highest BCUT2D eigenvalue weighted by Gasteiger charge is 2.42. The van der Waals surface area contributed by atoms with E-state index in [1.165, 1.54) is 17.8 Å². The molecule has 1 aliphatic heterocycles. The minimum atomic E-state index is -0.619. The lowest BCUT2D eigenvalue weighted by atomic mass is 10.1. The van der Waals surface area contributed by atoms with Gasteiger partial charge in [-0.2, -0.15) is 0 Å². The molecule has 1 aliphatic rings. The highest BCUT2D eigenvalue weighted by Crippen LogP contribution is 2.42. The molecule has 140 valence electrons. The van der Waals surface area contributed by atoms with Gasteiger partial charge in [0.05, 0.1) is 6.61 Å². The van der Waals surface area contributed by atoms with Crippen molar-refractivity contribution >= 4 is 41.3 Å². The molecule has 0 N–H and O–H groups in total. The van der Waals surface area contributed by atoms with Gasteiger partial charge in [0, 0.05) is 16.9 Å². The van der Waals surface area contributed by atoms with Crippen LogP contribution in [0.25, 0.3) is 6.08 Å². The zero-order valence-corrected chi connectivity index (χ0v) is 16.5. The van der Waals surface area contributed by atoms with Gasteiger partial charge in [-0.3, -0.25) is 4.79 Å². The number of thioether (sulfide) groups is 1. The molecule has 27 heavy (non-hydrogen) atoms. The molecule has 2 aromatic carbocycles. The fraction of sp³-hybridized carbons (Fsp3) is 0.238. The fourth-order valence-electron chi connectivity index (χ4n) is 2.93. The zero-order chi connectivity index (χ0) is 19.2. The number of carbonyl (C=O) groups excluding carboxylic acids is 2. The van der Waals surface area contributed by atoms with Crippen LogP contribution >= 0.6 is 23.4 Å². The average molecular weight is 402 g/mol. The number of nitrogens with zero attached hydrogens (tertiary/aromatic N) is 1. The smallest absolute Gasteiger partial charge is 0.329 e. The Balaban J connectivity index is 1.88. The summed E-state index contributed by atoms with van der Waals surface area (Å²) in [5.74, 6) is -0.121. The van der Waals surface area contributed by atoms with Crippen molar-refractivity contribution in [3.8, 4) is 0 Å². The van der Waals surface area contributed by atoms with Crippen LogP contribution < -0.4 is 0 Å². The number of esters is 1. The number of amides is 1. The molecule has 0 saturated carbocycles. The number of hydrogen-bond acceptors (Lipinski definition) is 4. The van der Waals surface area contributed by atoms with Crippen LogP contribution in [-0.2, 0) is 14.3 Å². The number of halogens is 1. The van der Waals surface area contributed by atoms with Gasteiger partial charge in [0.15, 0.2) is 0 Å². The van der Waals surface area contributed by atoms with E-state index < -0.39 is 6.04 Å². The highest BCUT2D eigenvalue weighted by atomic mass is 35.5. The molecule has 2 unspecified atom stereocenters. The van der Waals surface area contributed by atoms with E-state index in [0.29, 0.717) is 10.8 Å². The summed E-state index contributed by atoms with van der Waals surface area (Å²) in [5.41, 5.74) is 1.81. The molecule has 0 aromatic heterocycles. The molecule has 3 rings (SSSR count). The molecule has 0 radical (unpaired) electrons. The normalized spacial score (nSPS) is 19.4. The SMILES string of the molecule is CCOC(=O)C1CSC(c2cccc(Cl)c2)N1C(=O)/C=C/c1ccccc1. The van der Waals surface area contributed by atoms with Gasteiger partial charge in [-0.15, -0.1) is 11.8 Å². The zero-order valence-electron chi connectivity index (χ0n) is 14.9. The van der Waals surface area contributed by atoms with Crippen molar-refractivity contribution in [3.05, 3.63) is 76.8 Å². The average Bonchev–Trinajstić information content (AvgIpc) is 3.12. The van der Waals surface area contributed by atoms with Crippen LogP contribution in [-0.4, -0.2) is 35.2 Å². The molecule has 6 heteroatoms. The number of hydrogen-bond donors (Lipinski definition) is 0. The molecule has 4 nitrogen and oxygen atoms in total. The third-order valence-corrected chi connectivity index (χ3v) is 5.72. The van der Waals surface area contributed by atoms with Crippen molar-refractivity contribution in [2.75, 3.05) is 12.4 Å². The Morgan fingerprint density at radius 1 is 1.22 bits per heavy atom. The summed E-state index contributed by atoms with van der Waals surface area (Å²) in [6.07, 6.45) is 3.26. The van der Waals surface area contributed by atoms with E-state index in [2.05, 4.69) is 0 Å². The minimum absolute atomic E-state index is 0.230. The Morgan fingerprint density at radius 3 is 2.70 bits per heavy atom. The van der Waals surface area contributed by atoms with E-state index in [1.807, 2.05) is 48.5 Å². The first-order valence-corrected chi connectivity index (χ1v) is 10.1. The topological polar surface area (TPSA) is 46.6 Å². The van der Waals surface area contributed by atoms with Crippen molar-refractivity contribution in [2.45, 2.75) is 18.3 Å². The molecule has 0 aliphatic carbocycles. The summed E-state index contributed by atoms with van der Waals surface area (Å²) in [6, 6.07) is 16.3. The number of ether oxygens (including phenoxy) is 1. The van der Waals surface area contributed by atoms with Crippen molar-refractivity contribution in [1.29, 1.82) is 0 Å². The second-order valence-corrected chi connectivity index (χ2v) is 7.55. The molecule has 2 aromatic rings. The first-order valence-electron chi connectivity index (χ1n) is 8.69. The van der Waals surface area contributed by atoms with E-state index in [4.69, 9.17) is 16.3 Å². The third-order valence-electron chi connectivity index (χ3n) is 4.17. The van der Waals surface area contributed by atoms with E-state index in [9.17, 15) is 9.59 Å². The fourth-order valence-corrected chi connectivity index (χ4v) is 4.54. The maximum Gasteiger partial charge on any atom is 0.329 e. The number of rotatable bonds is 5. The van der Waals surface area contributed by atoms with Crippen LogP contribution in [0.15, 0.2) is 60.7 Å². The predicted octanol–water partition coefficient (Wildman–Crippen LogP) is 4.56. The van der Waals surface area contributed by atoms with Gasteiger partial charge in [-0.05, 0) is 36.3 Å². The molecular formula is C21H20ClNO3S. The van der Waals surface area contributed by atoms with Crippen LogP contribution in [0.3, 0.4) is 0 Å². The molecule has 1 amide bonds. The van der Waals surface area contributed by atoms with Crippen LogP contribution in [0.2, 0.25) is 5.02 Å². The molecule has 0 spiro atoms. The monoisotopic (exact) mass is 401 g/mol. The summed E-state index contributed by atoms with van der Waals surface area (Å²) in [4.78, 5) is 27.0. The lowest BCUT2D eigenvalue weighted by Crippen LogP contribution is -2.43. The Hall–Kier alpha value is -2.24. The quantitative estimate of drug-likeness (QED) is 0.544. The van der Waals surface area contributed by atoms with Crippen LogP contribution in [0.1, 0.15) is 23.4 Å². The first-order chi connectivity index (χ1) is 13.1. The minimum Gasteiger partial charge on any atom is -0.464 e. The third kappa shape index (κ3) is 4.73. The molecular weight excluding hydrogens is 382 g/mol. The van der Waals surface area contributed by atoms with Gasteiger partial charge < -0.3 is 9.64 Å². The van der Waals surface area contributed by atoms with Crippen molar-refractivity contribution in [3.63, 3.8) is 0 Å². The molecule has 1 fully saturated rings. The summed E-state index contributed by atoms with van der Waals surface area (Å²) in [7, 11) is 0. The summed E-state index contributed by atoms with van der Waals surface area (Å²) < 4.78 is 5.18. The van der Waals surface area contributed by atoms with Crippen LogP contribution in [0, 0.1) is 0 Å². The Labute approximate surface area is 168 Å². The van der Waals surface area contributed by atoms with Gasteiger partial charge in [0.2, 0.25) is 5.91 Å². The highest BCUT2D eigenvalue weighted by molar-refractivity contribution is 7.99. The Kier molecular flexibility index (Phi) is 6.58. The van der Waals surface area contributed by atoms with Gasteiger partial charge in [-0.25, -0.2) is 4.79 Å². The van der Waals surface area contributed by atoms with Crippen LogP contribution in [0.4, 0.5) is 0 Å². The predicted molar refractivity (Wildman–Crippen MR) is 109 cm³/mol. The maximum absolute atomic E-state index is 13.0. The lowest BCUT2D eigenvalue weighted by molar-refractivity contribution is -0.152. The lowest BCUT2D eigenvalue weighted by Gasteiger charge is -2.27. The Bertz CT molecular complexity index is 840. The number of benzene rings is 2. The molecule has 0 bridgehead atoms. The number of carbonyl (C=O) groups is 2. The van der Waals surface area contributed by atoms with Crippen molar-refractivity contribution < 1.29 is 14.3 Å². The second kappa shape index (κ2) is 9.11. The molecule has 1 heterocycles. The van der Waals surface area contributed by atoms with E-state index in [-0.39, 0.29) is 23.9 Å². The standard InChI is InChI=1S/C21H20ClNO3S/c1-2-26-21(25)18-14-27-20(16-9-6-10-17(22)13-16)23(18)19(24)12-11-15-7-4-3-5-8-15/h3-13,18,20H,2,14H2,1H3/b12-11+. The van der Waals surface area contributed by atoms with Gasteiger partial charge in [0.25, 0.3) is 0 Å². The van der Waals surface area contributed by atoms with Crippen molar-refractivity contribution in [1.82, 2.24) is 4.90 Å². The van der Waals surface area contributed by atoms with Crippen molar-refractivity contribution in [2.24, 2.45) is 0 Å². The van der Waals surface area contributed by atoms with E-state index >= 15 is 0 Å². The Morgan fingerprint density at radius 2 is 2.00 bits per heavy atom. The second-order valence-electron chi connectivity index (χ2n) is 6.00. The van der Waals surface area contributed by atoms with Gasteiger partial charge in [-0.1, -0.05) is 54.1 Å². The van der Waals surface area contributed by atoms with E-state index in [1.54, 1.807) is 24.0 Å². The van der Waals surface area contributed by atoms with Gasteiger partial charge >= 0.3 is 5.97 Å². The first kappa shape index (κ1) is 19.5. The van der Waals surface area contributed by atoms with E-state index in [0.717, 1.165) is 11.1 Å². The van der Waals surface area contributed by atoms with Gasteiger partial charge in [0.1, 0.15) is 11.4 Å². The summed E-state index contributed by atoms with van der Waals surface area (Å²) >= 11 is 7.66. The molecule has 1 saturated heterocycles.